The third-order valence-corrected chi connectivity index (χ3v) is 13.5. The maximum absolute atomic E-state index is 12.2. The fraction of sp³-hybridized carbons (Fsp3) is 0.527. The Hall–Kier alpha value is -4.54. The summed E-state index contributed by atoms with van der Waals surface area (Å²) in [5.74, 6) is -1.88. The number of carbonyl (C=O) groups is 2. The molecule has 0 radical (unpaired) electrons. The first-order valence-electron chi connectivity index (χ1n) is 24.1. The van der Waals surface area contributed by atoms with Gasteiger partial charge in [-0.05, 0) is 28.2 Å². The molecule has 3 fully saturated rings. The van der Waals surface area contributed by atoms with Gasteiger partial charge >= 0.3 is 11.9 Å². The molecule has 3 aliphatic rings. The topological polar surface area (TPSA) is 136 Å². The van der Waals surface area contributed by atoms with Crippen molar-refractivity contribution in [3.8, 4) is 0 Å². The summed E-state index contributed by atoms with van der Waals surface area (Å²) in [4.78, 5) is 24.1. The fourth-order valence-electron chi connectivity index (χ4n) is 9.26. The Morgan fingerprint density at radius 2 is 0.794 bits per heavy atom. The van der Waals surface area contributed by atoms with Crippen LogP contribution >= 0.6 is 0 Å². The van der Waals surface area contributed by atoms with E-state index in [1.165, 1.54) is 13.8 Å². The number of ether oxygens (including phenoxy) is 11. The number of rotatable bonds is 21. The van der Waals surface area contributed by atoms with E-state index >= 15 is 0 Å². The Labute approximate surface area is 401 Å². The van der Waals surface area contributed by atoms with E-state index in [9.17, 15) is 9.59 Å². The third kappa shape index (κ3) is 14.0. The average molecular weight is 939 g/mol. The number of benzene rings is 4. The van der Waals surface area contributed by atoms with Crippen LogP contribution in [0.3, 0.4) is 0 Å². The van der Waals surface area contributed by atoms with Gasteiger partial charge in [-0.1, -0.05) is 156 Å². The van der Waals surface area contributed by atoms with Gasteiger partial charge in [-0.15, -0.1) is 0 Å². The molecule has 7 rings (SSSR count). The zero-order chi connectivity index (χ0) is 48.0. The van der Waals surface area contributed by atoms with Crippen molar-refractivity contribution in [1.82, 2.24) is 0 Å². The van der Waals surface area contributed by atoms with Crippen LogP contribution in [0.5, 0.6) is 0 Å². The largest absolute Gasteiger partial charge is 0.463 e. The van der Waals surface area contributed by atoms with Crippen molar-refractivity contribution in [3.05, 3.63) is 144 Å². The van der Waals surface area contributed by atoms with Crippen molar-refractivity contribution < 1.29 is 61.7 Å². The highest BCUT2D eigenvalue weighted by atomic mass is 16.8. The predicted molar refractivity (Wildman–Crippen MR) is 252 cm³/mol. The monoisotopic (exact) mass is 938 g/mol. The van der Waals surface area contributed by atoms with Crippen molar-refractivity contribution in [1.29, 1.82) is 0 Å². The van der Waals surface area contributed by atoms with Gasteiger partial charge in [0.15, 0.2) is 18.9 Å². The Morgan fingerprint density at radius 3 is 1.24 bits per heavy atom. The van der Waals surface area contributed by atoms with Gasteiger partial charge in [-0.3, -0.25) is 9.59 Å². The zero-order valence-corrected chi connectivity index (χ0v) is 40.5. The summed E-state index contributed by atoms with van der Waals surface area (Å²) >= 11 is 0. The van der Waals surface area contributed by atoms with Gasteiger partial charge in [-0.2, -0.15) is 0 Å². The minimum atomic E-state index is -0.747. The smallest absolute Gasteiger partial charge is 0.303 e. The second-order valence-corrected chi connectivity index (χ2v) is 18.6. The highest BCUT2D eigenvalue weighted by Crippen LogP contribution is 2.42. The first-order chi connectivity index (χ1) is 32.9. The maximum atomic E-state index is 12.2. The van der Waals surface area contributed by atoms with E-state index < -0.39 is 73.5 Å². The van der Waals surface area contributed by atoms with E-state index in [2.05, 4.69) is 20.8 Å². The molecule has 0 spiro atoms. The van der Waals surface area contributed by atoms with Crippen LogP contribution in [0.1, 0.15) is 70.7 Å². The number of carbonyl (C=O) groups excluding carboxylic acids is 2. The van der Waals surface area contributed by atoms with Gasteiger partial charge in [0.25, 0.3) is 0 Å². The summed E-state index contributed by atoms with van der Waals surface area (Å²) in [7, 11) is 0. The highest BCUT2D eigenvalue weighted by Gasteiger charge is 2.52. The van der Waals surface area contributed by atoms with E-state index in [0.717, 1.165) is 22.3 Å². The molecule has 68 heavy (non-hydrogen) atoms. The average Bonchev–Trinajstić information content (AvgIpc) is 3.34. The molecule has 15 atom stereocenters. The molecule has 0 N–H and O–H groups in total. The van der Waals surface area contributed by atoms with Crippen LogP contribution in [0, 0.1) is 29.6 Å². The van der Waals surface area contributed by atoms with Gasteiger partial charge < -0.3 is 52.1 Å². The van der Waals surface area contributed by atoms with E-state index in [1.54, 1.807) is 0 Å². The second-order valence-electron chi connectivity index (χ2n) is 18.6. The SMILES string of the molecule is CC(=O)OCC1O[C@@H](O[C@H]2C(COCc3ccccc3)O[C@@H](O[C@@H]3C(COCc4ccccc4)O[C@@H](OCc4ccccc4)C(OCc4ccccc4)[C@H]3C)C(C)[C@H]2C)C(C)[C@@H](C)[C@H]1OC(C)=O. The molecule has 3 aliphatic heterocycles. The normalized spacial score (nSPS) is 31.7. The zero-order valence-electron chi connectivity index (χ0n) is 40.5. The van der Waals surface area contributed by atoms with Gasteiger partial charge in [0.2, 0.25) is 0 Å². The van der Waals surface area contributed by atoms with Crippen LogP contribution in [0.4, 0.5) is 0 Å². The number of hydrogen-bond donors (Lipinski definition) is 0. The molecule has 3 saturated heterocycles. The van der Waals surface area contributed by atoms with Crippen LogP contribution < -0.4 is 0 Å². The Bertz CT molecular complexity index is 2090. The highest BCUT2D eigenvalue weighted by molar-refractivity contribution is 5.66. The van der Waals surface area contributed by atoms with E-state index in [-0.39, 0.29) is 49.4 Å². The molecular weight excluding hydrogens is 869 g/mol. The second kappa shape index (κ2) is 25.4. The summed E-state index contributed by atoms with van der Waals surface area (Å²) in [6, 6.07) is 40.1. The van der Waals surface area contributed by atoms with Crippen molar-refractivity contribution in [2.45, 2.75) is 136 Å². The molecule has 0 aromatic heterocycles. The van der Waals surface area contributed by atoms with Gasteiger partial charge in [0.1, 0.15) is 37.1 Å². The molecule has 368 valence electrons. The molecule has 0 aliphatic carbocycles. The Balaban J connectivity index is 1.14. The summed E-state index contributed by atoms with van der Waals surface area (Å²) in [5.41, 5.74) is 4.11. The fourth-order valence-corrected chi connectivity index (χ4v) is 9.26. The van der Waals surface area contributed by atoms with Gasteiger partial charge in [0.05, 0.1) is 51.8 Å². The molecule has 0 saturated carbocycles. The van der Waals surface area contributed by atoms with Crippen LogP contribution in [0.15, 0.2) is 121 Å². The number of hydrogen-bond acceptors (Lipinski definition) is 13. The van der Waals surface area contributed by atoms with Gasteiger partial charge in [0, 0.05) is 37.5 Å². The summed E-state index contributed by atoms with van der Waals surface area (Å²) < 4.78 is 72.0. The first-order valence-corrected chi connectivity index (χ1v) is 24.1. The van der Waals surface area contributed by atoms with E-state index in [4.69, 9.17) is 52.1 Å². The Morgan fingerprint density at radius 1 is 0.412 bits per heavy atom. The lowest BCUT2D eigenvalue weighted by Crippen LogP contribution is -2.61. The standard InChI is InChI=1S/C55H70O13/c1-35-37(3)54(65-48(34-60-40(6)56)49(35)63-41(7)57)67-50-36(2)38(4)53(64-46(50)32-58-28-42-20-12-8-13-21-42)68-51-39(5)52(61-30-44-24-16-10-17-25-44)55(62-31-45-26-18-11-19-27-45)66-47(51)33-59-29-43-22-14-9-15-23-43/h8-27,35-39,46-55H,28-34H2,1-7H3/t35-,36-,37?,38?,39+,46?,47?,48?,49-,50-,51+,52?,53+,54+,55-/m1/s1. The minimum absolute atomic E-state index is 0.0943. The van der Waals surface area contributed by atoms with Crippen molar-refractivity contribution in [3.63, 3.8) is 0 Å². The molecule has 13 heteroatoms. The van der Waals surface area contributed by atoms with Crippen LogP contribution in [0.25, 0.3) is 0 Å². The quantitative estimate of drug-likeness (QED) is 0.0737. The van der Waals surface area contributed by atoms with Crippen molar-refractivity contribution in [2.75, 3.05) is 19.8 Å². The summed E-state index contributed by atoms with van der Waals surface area (Å²) in [5, 5.41) is 0. The third-order valence-electron chi connectivity index (χ3n) is 13.5. The maximum Gasteiger partial charge on any atom is 0.303 e. The molecule has 6 unspecified atom stereocenters. The Kier molecular flexibility index (Phi) is 19.1. The molecular formula is C55H70O13. The minimum Gasteiger partial charge on any atom is -0.463 e. The lowest BCUT2D eigenvalue weighted by atomic mass is 9.82. The van der Waals surface area contributed by atoms with E-state index in [0.29, 0.717) is 26.4 Å². The van der Waals surface area contributed by atoms with Crippen LogP contribution in [0.2, 0.25) is 0 Å². The van der Waals surface area contributed by atoms with Crippen molar-refractivity contribution >= 4 is 11.9 Å². The molecule has 0 bridgehead atoms. The summed E-state index contributed by atoms with van der Waals surface area (Å²) in [6.07, 6.45) is -6.32. The van der Waals surface area contributed by atoms with Crippen LogP contribution in [-0.2, 0) is 88.1 Å². The van der Waals surface area contributed by atoms with Gasteiger partial charge in [-0.25, -0.2) is 0 Å². The molecule has 4 aromatic rings. The molecule has 4 aromatic carbocycles. The van der Waals surface area contributed by atoms with Crippen molar-refractivity contribution in [2.24, 2.45) is 29.6 Å². The summed E-state index contributed by atoms with van der Waals surface area (Å²) in [6.45, 7) is 14.8. The first kappa shape index (κ1) is 51.3. The predicted octanol–water partition coefficient (Wildman–Crippen LogP) is 8.84. The molecule has 0 amide bonds. The molecule has 3 heterocycles. The lowest BCUT2D eigenvalue weighted by molar-refractivity contribution is -0.362. The lowest BCUT2D eigenvalue weighted by Gasteiger charge is -2.51. The van der Waals surface area contributed by atoms with Crippen LogP contribution in [-0.4, -0.2) is 93.4 Å². The molecule has 13 nitrogen and oxygen atoms in total. The van der Waals surface area contributed by atoms with E-state index in [1.807, 2.05) is 135 Å². The number of esters is 2.